The van der Waals surface area contributed by atoms with Crippen LogP contribution in [-0.2, 0) is 42.2 Å². The standard InChI is InChI=1S/C4H5O2.H2N.Y/c5-4-2-1-3-6-4;;/h2H,1,3H2;1H2;/q2*-1;. The summed E-state index contributed by atoms with van der Waals surface area (Å²) >= 11 is 0. The van der Waals surface area contributed by atoms with E-state index in [2.05, 4.69) is 4.74 Å². The number of carbonyl (C=O) groups is 1. The summed E-state index contributed by atoms with van der Waals surface area (Å²) in [5.74, 6) is -0.171. The summed E-state index contributed by atoms with van der Waals surface area (Å²) in [7, 11) is 0. The fourth-order valence-electron chi connectivity index (χ4n) is 0.395. The second-order valence-corrected chi connectivity index (χ2v) is 1.16. The van der Waals surface area contributed by atoms with E-state index in [1.807, 2.05) is 0 Å². The molecule has 1 fully saturated rings. The summed E-state index contributed by atoms with van der Waals surface area (Å²) in [6.07, 6.45) is 2.33. The van der Waals surface area contributed by atoms with Crippen LogP contribution in [0.5, 0.6) is 0 Å². The summed E-state index contributed by atoms with van der Waals surface area (Å²) in [4.78, 5) is 9.97. The second kappa shape index (κ2) is 5.54. The Morgan fingerprint density at radius 3 is 2.38 bits per heavy atom. The van der Waals surface area contributed by atoms with Crippen LogP contribution in [0.15, 0.2) is 0 Å². The number of hydrogen-bond acceptors (Lipinski definition) is 2. The number of esters is 1. The number of ether oxygens (including phenoxy) is 1. The van der Waals surface area contributed by atoms with Gasteiger partial charge in [-0.3, -0.25) is 11.2 Å². The van der Waals surface area contributed by atoms with Gasteiger partial charge in [0, 0.05) is 32.7 Å². The van der Waals surface area contributed by atoms with Gasteiger partial charge in [0.1, 0.15) is 0 Å². The van der Waals surface area contributed by atoms with Gasteiger partial charge in [0.15, 0.2) is 5.97 Å². The topological polar surface area (TPSA) is 59.8 Å². The summed E-state index contributed by atoms with van der Waals surface area (Å²) < 4.78 is 4.46. The van der Waals surface area contributed by atoms with Gasteiger partial charge < -0.3 is 10.9 Å². The summed E-state index contributed by atoms with van der Waals surface area (Å²) in [6.45, 7) is 0.582. The van der Waals surface area contributed by atoms with Crippen molar-refractivity contribution in [3.63, 3.8) is 0 Å². The molecule has 0 aromatic carbocycles. The minimum Gasteiger partial charge on any atom is -0.693 e. The third-order valence-corrected chi connectivity index (χ3v) is 0.673. The monoisotopic (exact) mass is 190 g/mol. The average molecular weight is 190 g/mol. The second-order valence-electron chi connectivity index (χ2n) is 1.16. The minimum atomic E-state index is -0.171. The predicted octanol–water partition coefficient (Wildman–Crippen LogP) is 0.852. The van der Waals surface area contributed by atoms with E-state index in [0.717, 1.165) is 6.42 Å². The van der Waals surface area contributed by atoms with Crippen LogP contribution in [0.3, 0.4) is 0 Å². The van der Waals surface area contributed by atoms with Crippen molar-refractivity contribution >= 4 is 5.97 Å². The number of rotatable bonds is 0. The zero-order valence-electron chi connectivity index (χ0n) is 4.46. The summed E-state index contributed by atoms with van der Waals surface area (Å²) in [5, 5.41) is 0. The SMILES string of the molecule is O=C1[CH-]CCO1.[NH2-].[Y]. The first-order valence-electron chi connectivity index (χ1n) is 1.89. The Bertz CT molecular complexity index is 68.4. The average Bonchev–Trinajstić information content (AvgIpc) is 1.86. The smallest absolute Gasteiger partial charge is 0.167 e. The molecule has 1 aliphatic rings. The molecule has 0 unspecified atom stereocenters. The number of cyclic esters (lactones) is 1. The Hall–Kier alpha value is 0.404. The molecule has 1 saturated heterocycles. The largest absolute Gasteiger partial charge is 0.693 e. The predicted molar refractivity (Wildman–Crippen MR) is 25.2 cm³/mol. The van der Waals surface area contributed by atoms with Crippen molar-refractivity contribution in [3.8, 4) is 0 Å². The third kappa shape index (κ3) is 3.41. The molecule has 0 spiro atoms. The van der Waals surface area contributed by atoms with E-state index in [-0.39, 0.29) is 44.8 Å². The molecule has 0 aromatic heterocycles. The Labute approximate surface area is 73.6 Å². The molecular weight excluding hydrogens is 183 g/mol. The molecular formula is C4H7NO2Y-2. The van der Waals surface area contributed by atoms with E-state index in [4.69, 9.17) is 0 Å². The summed E-state index contributed by atoms with van der Waals surface area (Å²) in [6, 6.07) is 0. The zero-order valence-corrected chi connectivity index (χ0v) is 7.30. The van der Waals surface area contributed by atoms with Gasteiger partial charge in [-0.15, -0.1) is 6.42 Å². The van der Waals surface area contributed by atoms with E-state index in [9.17, 15) is 4.79 Å². The maximum atomic E-state index is 9.97. The van der Waals surface area contributed by atoms with Gasteiger partial charge >= 0.3 is 0 Å². The molecule has 2 N–H and O–H groups in total. The zero-order chi connectivity index (χ0) is 4.41. The Morgan fingerprint density at radius 1 is 1.62 bits per heavy atom. The first-order valence-corrected chi connectivity index (χ1v) is 1.89. The molecule has 1 rings (SSSR count). The summed E-state index contributed by atoms with van der Waals surface area (Å²) in [5.41, 5.74) is 0. The Kier molecular flexibility index (Phi) is 7.78. The van der Waals surface area contributed by atoms with Crippen molar-refractivity contribution in [2.45, 2.75) is 6.42 Å². The van der Waals surface area contributed by atoms with E-state index in [1.54, 1.807) is 6.42 Å². The third-order valence-electron chi connectivity index (χ3n) is 0.673. The van der Waals surface area contributed by atoms with Gasteiger partial charge in [-0.2, -0.15) is 0 Å². The van der Waals surface area contributed by atoms with E-state index in [1.165, 1.54) is 0 Å². The van der Waals surface area contributed by atoms with Gasteiger partial charge in [-0.25, -0.2) is 0 Å². The molecule has 4 heteroatoms. The molecule has 3 nitrogen and oxygen atoms in total. The van der Waals surface area contributed by atoms with Crippen LogP contribution in [0.1, 0.15) is 6.42 Å². The van der Waals surface area contributed by atoms with Crippen LogP contribution in [0.25, 0.3) is 6.15 Å². The van der Waals surface area contributed by atoms with Crippen molar-refractivity contribution in [2.24, 2.45) is 0 Å². The van der Waals surface area contributed by atoms with Gasteiger partial charge in [-0.1, -0.05) is 0 Å². The molecule has 0 saturated carbocycles. The van der Waals surface area contributed by atoms with Crippen LogP contribution < -0.4 is 0 Å². The maximum Gasteiger partial charge on any atom is 0.167 e. The van der Waals surface area contributed by atoms with E-state index < -0.39 is 0 Å². The van der Waals surface area contributed by atoms with Crippen LogP contribution in [0.2, 0.25) is 0 Å². The van der Waals surface area contributed by atoms with Crippen molar-refractivity contribution in [1.82, 2.24) is 0 Å². The van der Waals surface area contributed by atoms with Crippen LogP contribution in [0.4, 0.5) is 0 Å². The molecule has 0 bridgehead atoms. The molecule has 1 aliphatic heterocycles. The van der Waals surface area contributed by atoms with Crippen LogP contribution >= 0.6 is 0 Å². The molecule has 45 valence electrons. The Morgan fingerprint density at radius 2 is 2.25 bits per heavy atom. The minimum absolute atomic E-state index is 0. The fraction of sp³-hybridized carbons (Fsp3) is 0.500. The van der Waals surface area contributed by atoms with Crippen molar-refractivity contribution in [2.75, 3.05) is 6.61 Å². The normalized spacial score (nSPS) is 14.8. The van der Waals surface area contributed by atoms with Crippen LogP contribution in [0, 0.1) is 6.42 Å². The van der Waals surface area contributed by atoms with Gasteiger partial charge in [0.2, 0.25) is 0 Å². The number of carbonyl (C=O) groups excluding carboxylic acids is 1. The number of nitrogens with two attached hydrogens (primary N) is 1. The van der Waals surface area contributed by atoms with Crippen LogP contribution in [-0.4, -0.2) is 12.6 Å². The molecule has 0 aromatic rings. The first kappa shape index (κ1) is 11.2. The van der Waals surface area contributed by atoms with Crippen molar-refractivity contribution in [1.29, 1.82) is 0 Å². The Balaban J connectivity index is 0. The van der Waals surface area contributed by atoms with Crippen molar-refractivity contribution in [3.05, 3.63) is 12.6 Å². The maximum absolute atomic E-state index is 9.97. The van der Waals surface area contributed by atoms with Gasteiger partial charge in [0.25, 0.3) is 0 Å². The molecule has 0 amide bonds. The molecule has 0 aliphatic carbocycles. The van der Waals surface area contributed by atoms with Crippen molar-refractivity contribution < 1.29 is 42.2 Å². The molecule has 1 radical (unpaired) electrons. The first-order chi connectivity index (χ1) is 2.89. The van der Waals surface area contributed by atoms with Gasteiger partial charge in [0.05, 0.1) is 6.61 Å². The van der Waals surface area contributed by atoms with E-state index >= 15 is 0 Å². The van der Waals surface area contributed by atoms with E-state index in [0.29, 0.717) is 6.61 Å². The fourth-order valence-corrected chi connectivity index (χ4v) is 0.395. The molecule has 0 atom stereocenters. The molecule has 1 heterocycles. The van der Waals surface area contributed by atoms with Gasteiger partial charge in [-0.05, 0) is 0 Å². The molecule has 8 heavy (non-hydrogen) atoms. The quantitative estimate of drug-likeness (QED) is 0.420. The number of hydrogen-bond donors (Lipinski definition) is 0.